The van der Waals surface area contributed by atoms with E-state index in [-0.39, 0.29) is 17.2 Å². The van der Waals surface area contributed by atoms with Crippen LogP contribution in [-0.4, -0.2) is 27.8 Å². The van der Waals surface area contributed by atoms with E-state index in [2.05, 4.69) is 25.2 Å². The lowest BCUT2D eigenvalue weighted by Crippen LogP contribution is -2.29. The molecule has 158 valence electrons. The van der Waals surface area contributed by atoms with Gasteiger partial charge in [0.25, 0.3) is 5.56 Å². The van der Waals surface area contributed by atoms with Gasteiger partial charge in [-0.15, -0.1) is 11.3 Å². The number of rotatable bonds is 6. The number of hydrogen-bond acceptors (Lipinski definition) is 5. The molecule has 5 nitrogen and oxygen atoms in total. The third-order valence-electron chi connectivity index (χ3n) is 5.34. The molecular weight excluding hydrogens is 414 g/mol. The lowest BCUT2D eigenvalue weighted by atomic mass is 10.1. The number of benzene rings is 1. The number of nitrogens with zero attached hydrogens (tertiary/aromatic N) is 2. The predicted octanol–water partition coefficient (Wildman–Crippen LogP) is 4.42. The standard InChI is InChI=1S/C23H27N3O2S2/c1-13(2)11-24-19(27)12-29-23-25-21-20(16-6-5-7-18(16)30-21)22(28)26(23)17-9-8-14(3)10-15(17)4/h8-10,13H,5-7,11-12H2,1-4H3,(H,24,27). The van der Waals surface area contributed by atoms with Crippen molar-refractivity contribution in [3.63, 3.8) is 0 Å². The maximum Gasteiger partial charge on any atom is 0.267 e. The minimum Gasteiger partial charge on any atom is -0.355 e. The van der Waals surface area contributed by atoms with E-state index in [0.29, 0.717) is 17.6 Å². The first-order valence-electron chi connectivity index (χ1n) is 10.4. The Morgan fingerprint density at radius 1 is 1.30 bits per heavy atom. The fourth-order valence-electron chi connectivity index (χ4n) is 3.89. The topological polar surface area (TPSA) is 64.0 Å². The van der Waals surface area contributed by atoms with Crippen LogP contribution in [0.1, 0.15) is 41.8 Å². The summed E-state index contributed by atoms with van der Waals surface area (Å²) in [6.45, 7) is 8.84. The van der Waals surface area contributed by atoms with E-state index in [1.165, 1.54) is 22.2 Å². The number of nitrogens with one attached hydrogen (secondary N) is 1. The lowest BCUT2D eigenvalue weighted by molar-refractivity contribution is -0.118. The number of amides is 1. The molecule has 1 aliphatic carbocycles. The Labute approximate surface area is 184 Å². The minimum absolute atomic E-state index is 0.0172. The van der Waals surface area contributed by atoms with Crippen molar-refractivity contribution in [2.45, 2.75) is 52.1 Å². The summed E-state index contributed by atoms with van der Waals surface area (Å²) in [5.74, 6) is 0.597. The van der Waals surface area contributed by atoms with Crippen molar-refractivity contribution in [1.29, 1.82) is 0 Å². The number of aryl methyl sites for hydroxylation is 4. The molecule has 0 saturated carbocycles. The summed E-state index contributed by atoms with van der Waals surface area (Å²) in [6.07, 6.45) is 3.08. The van der Waals surface area contributed by atoms with Gasteiger partial charge in [-0.2, -0.15) is 0 Å². The van der Waals surface area contributed by atoms with Crippen LogP contribution in [-0.2, 0) is 17.6 Å². The molecule has 1 aromatic carbocycles. The van der Waals surface area contributed by atoms with Crippen LogP contribution in [0.25, 0.3) is 15.9 Å². The zero-order chi connectivity index (χ0) is 21.4. The highest BCUT2D eigenvalue weighted by atomic mass is 32.2. The summed E-state index contributed by atoms with van der Waals surface area (Å²) in [5, 5.41) is 4.29. The maximum absolute atomic E-state index is 13.7. The minimum atomic E-state index is -0.0381. The molecule has 0 bridgehead atoms. The summed E-state index contributed by atoms with van der Waals surface area (Å²) in [5.41, 5.74) is 4.17. The van der Waals surface area contributed by atoms with Crippen LogP contribution in [0, 0.1) is 19.8 Å². The molecular formula is C23H27N3O2S2. The van der Waals surface area contributed by atoms with Gasteiger partial charge in [-0.3, -0.25) is 14.2 Å². The number of carbonyl (C=O) groups is 1. The molecule has 0 unspecified atom stereocenters. The average molecular weight is 442 g/mol. The summed E-state index contributed by atoms with van der Waals surface area (Å²) in [4.78, 5) is 32.9. The van der Waals surface area contributed by atoms with Crippen LogP contribution < -0.4 is 10.9 Å². The predicted molar refractivity (Wildman–Crippen MR) is 125 cm³/mol. The van der Waals surface area contributed by atoms with Gasteiger partial charge in [0.05, 0.1) is 16.8 Å². The van der Waals surface area contributed by atoms with E-state index in [4.69, 9.17) is 4.98 Å². The van der Waals surface area contributed by atoms with Gasteiger partial charge < -0.3 is 5.32 Å². The molecule has 2 aromatic heterocycles. The van der Waals surface area contributed by atoms with E-state index >= 15 is 0 Å². The number of carbonyl (C=O) groups excluding carboxylic acids is 1. The van der Waals surface area contributed by atoms with Gasteiger partial charge in [0.2, 0.25) is 5.91 Å². The largest absolute Gasteiger partial charge is 0.355 e. The van der Waals surface area contributed by atoms with Crippen molar-refractivity contribution >= 4 is 39.2 Å². The third kappa shape index (κ3) is 4.05. The summed E-state index contributed by atoms with van der Waals surface area (Å²) in [6, 6.07) is 6.07. The Morgan fingerprint density at radius 2 is 2.10 bits per heavy atom. The number of aromatic nitrogens is 2. The zero-order valence-corrected chi connectivity index (χ0v) is 19.5. The van der Waals surface area contributed by atoms with E-state index in [9.17, 15) is 9.59 Å². The molecule has 0 saturated heterocycles. The van der Waals surface area contributed by atoms with Crippen molar-refractivity contribution in [2.75, 3.05) is 12.3 Å². The van der Waals surface area contributed by atoms with Gasteiger partial charge in [-0.1, -0.05) is 43.3 Å². The Bertz CT molecular complexity index is 1180. The average Bonchev–Trinajstić information content (AvgIpc) is 3.26. The van der Waals surface area contributed by atoms with Gasteiger partial charge >= 0.3 is 0 Å². The Balaban J connectivity index is 1.80. The van der Waals surface area contributed by atoms with Crippen molar-refractivity contribution in [1.82, 2.24) is 14.9 Å². The quantitative estimate of drug-likeness (QED) is 0.454. The summed E-state index contributed by atoms with van der Waals surface area (Å²) >= 11 is 2.97. The second kappa shape index (κ2) is 8.55. The zero-order valence-electron chi connectivity index (χ0n) is 17.9. The maximum atomic E-state index is 13.7. The van der Waals surface area contributed by atoms with Gasteiger partial charge in [0.15, 0.2) is 5.16 Å². The first-order valence-corrected chi connectivity index (χ1v) is 12.2. The number of thioether (sulfide) groups is 1. The first-order chi connectivity index (χ1) is 14.3. The first kappa shape index (κ1) is 21.1. The molecule has 0 aliphatic heterocycles. The van der Waals surface area contributed by atoms with Crippen LogP contribution >= 0.6 is 23.1 Å². The van der Waals surface area contributed by atoms with Crippen LogP contribution in [0.3, 0.4) is 0 Å². The highest BCUT2D eigenvalue weighted by molar-refractivity contribution is 7.99. The second-order valence-corrected chi connectivity index (χ2v) is 10.4. The molecule has 1 amide bonds. The SMILES string of the molecule is Cc1ccc(-n2c(SCC(=O)NCC(C)C)nc3sc4c(c3c2=O)CCC4)c(C)c1. The molecule has 1 N–H and O–H groups in total. The van der Waals surface area contributed by atoms with Crippen molar-refractivity contribution < 1.29 is 4.79 Å². The Morgan fingerprint density at radius 3 is 2.83 bits per heavy atom. The Kier molecular flexibility index (Phi) is 6.02. The van der Waals surface area contributed by atoms with E-state index < -0.39 is 0 Å². The fourth-order valence-corrected chi connectivity index (χ4v) is 6.03. The Hall–Kier alpha value is -2.12. The van der Waals surface area contributed by atoms with Crippen LogP contribution in [0.5, 0.6) is 0 Å². The van der Waals surface area contributed by atoms with Crippen LogP contribution in [0.15, 0.2) is 28.2 Å². The van der Waals surface area contributed by atoms with Crippen LogP contribution in [0.4, 0.5) is 0 Å². The highest BCUT2D eigenvalue weighted by Gasteiger charge is 2.24. The van der Waals surface area contributed by atoms with Gasteiger partial charge in [0, 0.05) is 11.4 Å². The molecule has 2 heterocycles. The van der Waals surface area contributed by atoms with Gasteiger partial charge in [0.1, 0.15) is 4.83 Å². The smallest absolute Gasteiger partial charge is 0.267 e. The monoisotopic (exact) mass is 441 g/mol. The van der Waals surface area contributed by atoms with Gasteiger partial charge in [-0.25, -0.2) is 4.98 Å². The normalized spacial score (nSPS) is 13.2. The van der Waals surface area contributed by atoms with E-state index in [0.717, 1.165) is 46.3 Å². The van der Waals surface area contributed by atoms with Crippen molar-refractivity contribution in [2.24, 2.45) is 5.92 Å². The van der Waals surface area contributed by atoms with Gasteiger partial charge in [-0.05, 0) is 56.2 Å². The molecule has 1 aliphatic rings. The number of fused-ring (bicyclic) bond motifs is 3. The fraction of sp³-hybridized carbons (Fsp3) is 0.435. The second-order valence-electron chi connectivity index (χ2n) is 8.35. The number of hydrogen-bond donors (Lipinski definition) is 1. The van der Waals surface area contributed by atoms with Crippen LogP contribution in [0.2, 0.25) is 0 Å². The molecule has 7 heteroatoms. The van der Waals surface area contributed by atoms with E-state index in [1.54, 1.807) is 15.9 Å². The molecule has 4 rings (SSSR count). The third-order valence-corrected chi connectivity index (χ3v) is 7.47. The van der Waals surface area contributed by atoms with E-state index in [1.807, 2.05) is 26.0 Å². The molecule has 30 heavy (non-hydrogen) atoms. The highest BCUT2D eigenvalue weighted by Crippen LogP contribution is 2.36. The molecule has 0 spiro atoms. The molecule has 0 atom stereocenters. The van der Waals surface area contributed by atoms with Crippen molar-refractivity contribution in [3.8, 4) is 5.69 Å². The summed E-state index contributed by atoms with van der Waals surface area (Å²) < 4.78 is 1.71. The molecule has 0 fully saturated rings. The molecule has 3 aromatic rings. The summed E-state index contributed by atoms with van der Waals surface area (Å²) in [7, 11) is 0. The number of thiophene rings is 1. The lowest BCUT2D eigenvalue weighted by Gasteiger charge is -2.15. The van der Waals surface area contributed by atoms with Crippen molar-refractivity contribution in [3.05, 3.63) is 50.1 Å². The molecule has 0 radical (unpaired) electrons.